The van der Waals surface area contributed by atoms with E-state index in [0.717, 1.165) is 11.1 Å². The van der Waals surface area contributed by atoms with Crippen LogP contribution < -0.4 is 4.74 Å². The number of aromatic amines is 1. The molecule has 29 heavy (non-hydrogen) atoms. The molecule has 0 spiro atoms. The van der Waals surface area contributed by atoms with Crippen molar-refractivity contribution in [3.63, 3.8) is 0 Å². The Morgan fingerprint density at radius 3 is 2.86 bits per heavy atom. The van der Waals surface area contributed by atoms with Gasteiger partial charge in [-0.25, -0.2) is 0 Å². The van der Waals surface area contributed by atoms with Crippen LogP contribution in [-0.4, -0.2) is 33.3 Å². The number of phenolic OH excluding ortho intramolecular Hbond substituents is 1. The Bertz CT molecular complexity index is 1270. The zero-order valence-electron chi connectivity index (χ0n) is 15.5. The minimum Gasteiger partial charge on any atom is -0.503 e. The van der Waals surface area contributed by atoms with Crippen LogP contribution in [0.5, 0.6) is 11.5 Å². The second-order valence-electron chi connectivity index (χ2n) is 6.37. The molecule has 0 fully saturated rings. The van der Waals surface area contributed by atoms with Crippen LogP contribution in [0.1, 0.15) is 17.0 Å². The second kappa shape index (κ2) is 8.18. The number of nitrogens with one attached hydrogen (secondary N) is 1. The lowest BCUT2D eigenvalue weighted by molar-refractivity contribution is 0.372. The Morgan fingerprint density at radius 1 is 1.24 bits per heavy atom. The molecule has 6 nitrogen and oxygen atoms in total. The van der Waals surface area contributed by atoms with E-state index in [1.807, 2.05) is 18.2 Å². The van der Waals surface area contributed by atoms with Gasteiger partial charge >= 0.3 is 0 Å². The summed E-state index contributed by atoms with van der Waals surface area (Å²) in [4.78, 5) is 0. The number of benzene rings is 3. The minimum atomic E-state index is 0.0428. The third-order valence-electron chi connectivity index (χ3n) is 4.54. The quantitative estimate of drug-likeness (QED) is 0.317. The van der Waals surface area contributed by atoms with Crippen LogP contribution in [0, 0.1) is 4.77 Å². The summed E-state index contributed by atoms with van der Waals surface area (Å²) >= 11 is 8.67. The Labute approximate surface area is 180 Å². The second-order valence-corrected chi connectivity index (χ2v) is 7.61. The number of aromatic nitrogens is 3. The molecule has 4 rings (SSSR count). The van der Waals surface area contributed by atoms with Crippen LogP contribution in [0.2, 0.25) is 0 Å². The molecule has 0 aliphatic rings. The number of H-pyrrole nitrogens is 1. The normalized spacial score (nSPS) is 11.4. The molecule has 0 bridgehead atoms. The molecule has 3 aromatic carbocycles. The molecular formula is C21H17BrN4O2S. The lowest BCUT2D eigenvalue weighted by Gasteiger charge is -2.07. The fourth-order valence-electron chi connectivity index (χ4n) is 3.12. The first-order valence-electron chi connectivity index (χ1n) is 8.80. The van der Waals surface area contributed by atoms with E-state index < -0.39 is 0 Å². The number of halogens is 1. The van der Waals surface area contributed by atoms with Gasteiger partial charge in [0.1, 0.15) is 0 Å². The first-order valence-corrected chi connectivity index (χ1v) is 10.0. The van der Waals surface area contributed by atoms with Gasteiger partial charge < -0.3 is 9.84 Å². The van der Waals surface area contributed by atoms with Crippen molar-refractivity contribution in [2.24, 2.45) is 5.10 Å². The maximum Gasteiger partial charge on any atom is 0.216 e. The molecule has 0 aliphatic heterocycles. The average Bonchev–Trinajstić information content (AvgIpc) is 3.08. The van der Waals surface area contributed by atoms with E-state index in [1.165, 1.54) is 17.9 Å². The zero-order valence-corrected chi connectivity index (χ0v) is 17.9. The minimum absolute atomic E-state index is 0.0428. The van der Waals surface area contributed by atoms with E-state index >= 15 is 0 Å². The van der Waals surface area contributed by atoms with Crippen LogP contribution in [0.3, 0.4) is 0 Å². The van der Waals surface area contributed by atoms with Gasteiger partial charge in [0.25, 0.3) is 0 Å². The molecule has 0 amide bonds. The Hall–Kier alpha value is -2.97. The van der Waals surface area contributed by atoms with Gasteiger partial charge in [0.15, 0.2) is 17.3 Å². The summed E-state index contributed by atoms with van der Waals surface area (Å²) in [6, 6.07) is 17.9. The first-order chi connectivity index (χ1) is 14.1. The summed E-state index contributed by atoms with van der Waals surface area (Å²) in [7, 11) is 1.50. The van der Waals surface area contributed by atoms with Crippen molar-refractivity contribution >= 4 is 45.1 Å². The monoisotopic (exact) mass is 468 g/mol. The zero-order chi connectivity index (χ0) is 20.4. The summed E-state index contributed by atoms with van der Waals surface area (Å²) in [6.07, 6.45) is 2.22. The Kier molecular flexibility index (Phi) is 5.46. The molecule has 0 aliphatic carbocycles. The molecule has 1 heterocycles. The molecule has 1 aromatic heterocycles. The van der Waals surface area contributed by atoms with E-state index in [4.69, 9.17) is 17.0 Å². The lowest BCUT2D eigenvalue weighted by atomic mass is 10.0. The molecular weight excluding hydrogens is 452 g/mol. The number of ether oxygens (including phenoxy) is 1. The van der Waals surface area contributed by atoms with E-state index in [0.29, 0.717) is 27.2 Å². The van der Waals surface area contributed by atoms with Gasteiger partial charge in [0.05, 0.1) is 17.8 Å². The summed E-state index contributed by atoms with van der Waals surface area (Å²) in [6.45, 7) is 0. The van der Waals surface area contributed by atoms with Crippen LogP contribution in [0.25, 0.3) is 10.8 Å². The smallest absolute Gasteiger partial charge is 0.216 e. The highest BCUT2D eigenvalue weighted by atomic mass is 79.9. The van der Waals surface area contributed by atoms with Crippen molar-refractivity contribution < 1.29 is 9.84 Å². The van der Waals surface area contributed by atoms with Crippen LogP contribution >= 0.6 is 28.1 Å². The summed E-state index contributed by atoms with van der Waals surface area (Å²) < 4.78 is 7.71. The van der Waals surface area contributed by atoms with Crippen molar-refractivity contribution in [3.05, 3.63) is 80.8 Å². The molecule has 0 saturated heterocycles. The van der Waals surface area contributed by atoms with Gasteiger partial charge in [0, 0.05) is 6.42 Å². The van der Waals surface area contributed by atoms with Crippen molar-refractivity contribution in [1.82, 2.24) is 14.9 Å². The third kappa shape index (κ3) is 3.94. The number of nitrogens with zero attached hydrogens (tertiary/aromatic N) is 3. The Morgan fingerprint density at radius 2 is 2.03 bits per heavy atom. The van der Waals surface area contributed by atoms with Gasteiger partial charge in [-0.15, -0.1) is 0 Å². The molecule has 146 valence electrons. The summed E-state index contributed by atoms with van der Waals surface area (Å²) in [5.41, 5.74) is 1.88. The topological polar surface area (TPSA) is 75.4 Å². The number of fused-ring (bicyclic) bond motifs is 1. The fraction of sp³-hybridized carbons (Fsp3) is 0.0952. The van der Waals surface area contributed by atoms with Crippen LogP contribution in [-0.2, 0) is 6.42 Å². The number of aromatic hydroxyl groups is 1. The molecule has 0 unspecified atom stereocenters. The molecule has 4 aromatic rings. The number of rotatable bonds is 5. The van der Waals surface area contributed by atoms with E-state index in [1.54, 1.807) is 23.0 Å². The van der Waals surface area contributed by atoms with Crippen molar-refractivity contribution in [1.29, 1.82) is 0 Å². The fourth-order valence-corrected chi connectivity index (χ4v) is 3.78. The van der Waals surface area contributed by atoms with Crippen LogP contribution in [0.15, 0.2) is 64.2 Å². The van der Waals surface area contributed by atoms with Crippen molar-refractivity contribution in [3.8, 4) is 11.5 Å². The Balaban J connectivity index is 1.69. The average molecular weight is 469 g/mol. The van der Waals surface area contributed by atoms with E-state index in [2.05, 4.69) is 55.5 Å². The molecule has 0 radical (unpaired) electrons. The van der Waals surface area contributed by atoms with Gasteiger partial charge in [0.2, 0.25) is 4.77 Å². The number of hydrogen-bond donors (Lipinski definition) is 2. The van der Waals surface area contributed by atoms with Gasteiger partial charge in [-0.2, -0.15) is 14.9 Å². The third-order valence-corrected chi connectivity index (χ3v) is 5.41. The highest BCUT2D eigenvalue weighted by molar-refractivity contribution is 9.10. The molecule has 0 atom stereocenters. The number of methoxy groups -OCH3 is 1. The van der Waals surface area contributed by atoms with E-state index in [-0.39, 0.29) is 5.75 Å². The maximum absolute atomic E-state index is 9.96. The first kappa shape index (κ1) is 19.4. The van der Waals surface area contributed by atoms with Gasteiger partial charge in [-0.3, -0.25) is 5.10 Å². The standard InChI is InChI=1S/C21H17BrN4O2S/c1-28-18-10-13(9-17(22)20(18)27)12-23-26-19(24-25-21(26)29)11-15-7-4-6-14-5-2-3-8-16(14)15/h2-10,12,27H,11H2,1H3,(H,25,29)/b23-12+. The number of phenols is 1. The maximum atomic E-state index is 9.96. The molecule has 8 heteroatoms. The highest BCUT2D eigenvalue weighted by Crippen LogP contribution is 2.34. The van der Waals surface area contributed by atoms with Crippen molar-refractivity contribution in [2.75, 3.05) is 7.11 Å². The summed E-state index contributed by atoms with van der Waals surface area (Å²) in [5.74, 6) is 1.10. The largest absolute Gasteiger partial charge is 0.503 e. The summed E-state index contributed by atoms with van der Waals surface area (Å²) in [5, 5.41) is 24.0. The predicted molar refractivity (Wildman–Crippen MR) is 120 cm³/mol. The SMILES string of the molecule is COc1cc(/C=N/n2c(Cc3cccc4ccccc34)n[nH]c2=S)cc(Br)c1O. The van der Waals surface area contributed by atoms with Gasteiger partial charge in [-0.05, 0) is 62.2 Å². The predicted octanol–water partition coefficient (Wildman–Crippen LogP) is 5.04. The van der Waals surface area contributed by atoms with Crippen LogP contribution in [0.4, 0.5) is 0 Å². The lowest BCUT2D eigenvalue weighted by Crippen LogP contribution is -2.01. The molecule has 0 saturated carbocycles. The number of hydrogen-bond acceptors (Lipinski definition) is 5. The molecule has 2 N–H and O–H groups in total. The highest BCUT2D eigenvalue weighted by Gasteiger charge is 2.10. The van der Waals surface area contributed by atoms with E-state index in [9.17, 15) is 5.11 Å². The van der Waals surface area contributed by atoms with Gasteiger partial charge in [-0.1, -0.05) is 42.5 Å². The van der Waals surface area contributed by atoms with Crippen molar-refractivity contribution in [2.45, 2.75) is 6.42 Å².